The Balaban J connectivity index is 1.21. The van der Waals surface area contributed by atoms with Crippen LogP contribution >= 0.6 is 0 Å². The fourth-order valence-corrected chi connectivity index (χ4v) is 15.3. The summed E-state index contributed by atoms with van der Waals surface area (Å²) in [5.74, 6) is -16.6. The number of hydrogen-bond acceptors (Lipinski definition) is 28. The van der Waals surface area contributed by atoms with Crippen LogP contribution in [-0.2, 0) is 79.1 Å². The van der Waals surface area contributed by atoms with Crippen LogP contribution < -0.4 is 157 Å². The van der Waals surface area contributed by atoms with Crippen LogP contribution in [0.3, 0.4) is 0 Å². The fourth-order valence-electron chi connectivity index (χ4n) is 15.3. The average Bonchev–Trinajstić information content (AvgIpc) is 1.56. The molecule has 6 rings (SSSR count). The SMILES string of the molecule is CNC(=N)NCCC[C@H](NC(=O)[C@H](CCC(N)=O)NC(=O)[C@H](CCCNC(=N)N)NC(=O)[C@H](CCCNC(=N)N)NC(=O)[C@H](CCCCN)NC(=O)[C@H](CCCCN)NC(=O)[C@H](CCCNC(=N)N)NC(=O)CNC(=O)[C@H](Cc1ccc(O)cc1)NC(=O)CCNC(=O)c1ccc2c(c1)C1(OC2=O)c2ccc(O)cc2Oc2cc(O)ccc21)C(=O)N[C@@H](CCCNC(=N)N)C(=O)N[C@@H](CCCNC(=N)N)C(N)=O. The van der Waals surface area contributed by atoms with Crippen molar-refractivity contribution in [1.29, 1.82) is 32.5 Å². The fraction of sp³-hybridized carbons (Fsp3) is 0.494. The van der Waals surface area contributed by atoms with Crippen LogP contribution in [0.5, 0.6) is 28.7 Å². The lowest BCUT2D eigenvalue weighted by Crippen LogP contribution is -2.60. The van der Waals surface area contributed by atoms with E-state index in [-0.39, 0.29) is 232 Å². The Hall–Kier alpha value is -16.3. The molecule has 2 heterocycles. The zero-order chi connectivity index (χ0) is 105. The first-order valence-electron chi connectivity index (χ1n) is 46.5. The van der Waals surface area contributed by atoms with Gasteiger partial charge in [0.05, 0.1) is 12.1 Å². The molecule has 2 aliphatic rings. The molecule has 14 amide bonds. The van der Waals surface area contributed by atoms with E-state index in [1.165, 1.54) is 85.9 Å². The number of guanidine groups is 6. The number of benzene rings is 4. The minimum Gasteiger partial charge on any atom is -0.508 e. The summed E-state index contributed by atoms with van der Waals surface area (Å²) in [7, 11) is 1.47. The van der Waals surface area contributed by atoms with Gasteiger partial charge in [-0.1, -0.05) is 12.1 Å². The monoisotopic (exact) mass is 2000 g/mol. The number of unbranched alkanes of at least 4 members (excludes halogenated alkanes) is 2. The van der Waals surface area contributed by atoms with Gasteiger partial charge < -0.3 is 177 Å². The van der Waals surface area contributed by atoms with Crippen molar-refractivity contribution in [1.82, 2.24) is 101 Å². The van der Waals surface area contributed by atoms with E-state index in [2.05, 4.69) is 101 Å². The Morgan fingerprint density at radius 1 is 0.350 bits per heavy atom. The zero-order valence-electron chi connectivity index (χ0n) is 79.4. The normalized spacial score (nSPS) is 13.8. The van der Waals surface area contributed by atoms with E-state index in [1.807, 2.05) is 0 Å². The summed E-state index contributed by atoms with van der Waals surface area (Å²) in [6.45, 7) is -0.899. The summed E-state index contributed by atoms with van der Waals surface area (Å²) in [6.07, 6.45) is -2.02. The molecule has 4 aromatic carbocycles. The van der Waals surface area contributed by atoms with Gasteiger partial charge in [-0.2, -0.15) is 0 Å². The highest BCUT2D eigenvalue weighted by molar-refractivity contribution is 6.03. The van der Waals surface area contributed by atoms with E-state index in [0.717, 1.165) is 0 Å². The van der Waals surface area contributed by atoms with Crippen LogP contribution in [0, 0.1) is 32.5 Å². The number of phenols is 3. The number of carbonyl (C=O) groups excluding carboxylic acids is 15. The number of rotatable bonds is 63. The minimum absolute atomic E-state index is 0.0110. The number of hydrogen-bond donors (Lipinski definition) is 37. The van der Waals surface area contributed by atoms with Crippen LogP contribution in [0.25, 0.3) is 0 Å². The zero-order valence-corrected chi connectivity index (χ0v) is 79.4. The summed E-state index contributed by atoms with van der Waals surface area (Å²) >= 11 is 0. The summed E-state index contributed by atoms with van der Waals surface area (Å²) in [5, 5.41) is 127. The lowest BCUT2D eigenvalue weighted by atomic mass is 9.77. The Bertz CT molecular complexity index is 5110. The third kappa shape index (κ3) is 39.1. The molecular weight excluding hydrogens is 1870 g/mol. The highest BCUT2D eigenvalue weighted by atomic mass is 16.6. The van der Waals surface area contributed by atoms with E-state index >= 15 is 9.59 Å². The second kappa shape index (κ2) is 59.2. The Morgan fingerprint density at radius 2 is 0.699 bits per heavy atom. The highest BCUT2D eigenvalue weighted by Crippen LogP contribution is 2.57. The first-order chi connectivity index (χ1) is 68.1. The van der Waals surface area contributed by atoms with Gasteiger partial charge in [0.15, 0.2) is 41.4 Å². The summed E-state index contributed by atoms with van der Waals surface area (Å²) in [4.78, 5) is 213. The van der Waals surface area contributed by atoms with Crippen molar-refractivity contribution in [3.05, 3.63) is 112 Å². The maximum absolute atomic E-state index is 15.1. The number of fused-ring (bicyclic) bond motifs is 6. The molecule has 54 nitrogen and oxygen atoms in total. The van der Waals surface area contributed by atoms with E-state index in [4.69, 9.17) is 93.5 Å². The van der Waals surface area contributed by atoms with Gasteiger partial charge in [-0.3, -0.25) is 99.6 Å². The minimum atomic E-state index is -1.76. The van der Waals surface area contributed by atoms with Crippen LogP contribution in [0.4, 0.5) is 0 Å². The molecule has 782 valence electrons. The number of carbonyl (C=O) groups is 15. The number of esters is 1. The van der Waals surface area contributed by atoms with Gasteiger partial charge in [-0.25, -0.2) is 4.79 Å². The molecule has 4 aromatic rings. The summed E-state index contributed by atoms with van der Waals surface area (Å²) in [6, 6.07) is 2.71. The maximum atomic E-state index is 15.1. The largest absolute Gasteiger partial charge is 0.508 e. The first-order valence-corrected chi connectivity index (χ1v) is 46.5. The highest BCUT2D eigenvalue weighted by Gasteiger charge is 2.54. The number of ether oxygens (including phenoxy) is 2. The number of nitrogens with one attached hydrogen (secondary N) is 25. The molecule has 46 N–H and O–H groups in total. The van der Waals surface area contributed by atoms with Crippen molar-refractivity contribution >= 4 is 124 Å². The van der Waals surface area contributed by atoms with Crippen molar-refractivity contribution in [3.8, 4) is 28.7 Å². The quantitative estimate of drug-likeness (QED) is 0.00845. The Morgan fingerprint density at radius 3 is 1.07 bits per heavy atom. The molecular formula is C89H136N34O20. The first kappa shape index (κ1) is 115. The maximum Gasteiger partial charge on any atom is 0.340 e. The number of aromatic hydroxyl groups is 3. The molecule has 54 heteroatoms. The molecule has 0 bridgehead atoms. The van der Waals surface area contributed by atoms with Crippen molar-refractivity contribution in [3.63, 3.8) is 0 Å². The second-order valence-electron chi connectivity index (χ2n) is 33.7. The van der Waals surface area contributed by atoms with Crippen LogP contribution in [0.1, 0.15) is 178 Å². The number of phenolic OH excluding ortho intramolecular Hbond substituents is 3. The Labute approximate surface area is 823 Å². The molecule has 0 saturated heterocycles. The molecule has 0 fully saturated rings. The van der Waals surface area contributed by atoms with Gasteiger partial charge in [0.25, 0.3) is 5.91 Å². The molecule has 0 aromatic heterocycles. The molecule has 0 saturated carbocycles. The van der Waals surface area contributed by atoms with Gasteiger partial charge in [-0.15, -0.1) is 0 Å². The smallest absolute Gasteiger partial charge is 0.340 e. The topological polar surface area (TPSA) is 941 Å². The predicted molar refractivity (Wildman–Crippen MR) is 522 cm³/mol. The van der Waals surface area contributed by atoms with Gasteiger partial charge in [0, 0.05) is 107 Å². The van der Waals surface area contributed by atoms with Gasteiger partial charge in [-0.05, 0) is 195 Å². The standard InChI is InChI=1S/C89H136N34O20/c1-105-88(104)112-40-11-19-63(79(138)119-60(16-8-37-109-85(98)99)75(134)116-56(71(93)130)14-6-35-107-83(94)95)122-81(140)64(30-31-68(92)127)123-80(139)62(18-10-39-111-87(102)103)121-78(137)61(17-9-38-110-86(100)101)120-77(136)59(13-3-5-34-91)118-76(135)58(12-2-4-33-90)117-74(133)57(15-7-36-108-84(96)97)114-70(129)46-113-73(132)65(42-47-20-23-49(124)24-21-47)115-69(128)32-41-106-72(131)48-22-27-52-55(43-48)89(143-82(52)141)53-28-25-50(125)44-66(53)142-67-45-51(126)26-29-54(67)89/h20-29,43-45,56-65,124-126H,2-19,30-42,46,90-91H2,1H3,(H2,92,127)(H2,93,130)(H,106,131)(H,113,132)(H,114,129)(H,115,128)(H,116,134)(H,117,133)(H,118,135)(H,119,138)(H,120,136)(H,121,137)(H,122,140)(H,123,139)(H4,94,95,107)(H4,96,97,108)(H4,98,99,109)(H4,100,101,110)(H4,102,103,111)(H3,104,105,112)/t56-,57-,58-,59-,60-,61-,62-,63-,64-,65-/m0/s1. The third-order valence-corrected chi connectivity index (χ3v) is 22.6. The Kier molecular flexibility index (Phi) is 47.8. The molecule has 1 spiro atoms. The van der Waals surface area contributed by atoms with Crippen molar-refractivity contribution in [2.45, 2.75) is 207 Å². The lowest BCUT2D eigenvalue weighted by molar-refractivity contribution is -0.136. The van der Waals surface area contributed by atoms with Crippen LogP contribution in [0.2, 0.25) is 0 Å². The number of amides is 14. The van der Waals surface area contributed by atoms with E-state index in [0.29, 0.717) is 23.1 Å². The van der Waals surface area contributed by atoms with Crippen LogP contribution in [0.15, 0.2) is 78.9 Å². The molecule has 0 radical (unpaired) electrons. The number of nitrogens with two attached hydrogens (primary N) is 9. The van der Waals surface area contributed by atoms with Gasteiger partial charge in [0.1, 0.15) is 89.2 Å². The average molecular weight is 2000 g/mol. The summed E-state index contributed by atoms with van der Waals surface area (Å²) in [5.41, 5.74) is 50.4. The third-order valence-electron chi connectivity index (χ3n) is 22.6. The van der Waals surface area contributed by atoms with Crippen molar-refractivity contribution < 1.29 is 96.7 Å². The van der Waals surface area contributed by atoms with E-state index in [1.54, 1.807) is 0 Å². The molecule has 0 unspecified atom stereocenters. The van der Waals surface area contributed by atoms with Crippen molar-refractivity contribution in [2.75, 3.05) is 72.5 Å². The van der Waals surface area contributed by atoms with Gasteiger partial charge in [0.2, 0.25) is 76.8 Å². The molecule has 10 atom stereocenters. The second-order valence-corrected chi connectivity index (χ2v) is 33.7. The number of primary amides is 2. The van der Waals surface area contributed by atoms with Crippen molar-refractivity contribution in [2.24, 2.45) is 51.6 Å². The molecule has 2 aliphatic heterocycles. The lowest BCUT2D eigenvalue weighted by Gasteiger charge is -2.36. The molecule has 0 aliphatic carbocycles. The van der Waals surface area contributed by atoms with Crippen LogP contribution in [-0.4, -0.2) is 273 Å². The van der Waals surface area contributed by atoms with Gasteiger partial charge >= 0.3 is 5.97 Å². The van der Waals surface area contributed by atoms with E-state index < -0.39 is 204 Å². The van der Waals surface area contributed by atoms with E-state index in [9.17, 15) is 77.6 Å². The predicted octanol–water partition coefficient (Wildman–Crippen LogP) is -7.45. The molecule has 143 heavy (non-hydrogen) atoms. The summed E-state index contributed by atoms with van der Waals surface area (Å²) < 4.78 is 12.2.